The molecule has 0 saturated heterocycles. The van der Waals surface area contributed by atoms with Gasteiger partial charge in [0.15, 0.2) is 6.23 Å². The summed E-state index contributed by atoms with van der Waals surface area (Å²) in [6.07, 6.45) is 3.90. The highest BCUT2D eigenvalue weighted by Crippen LogP contribution is 2.46. The highest BCUT2D eigenvalue weighted by molar-refractivity contribution is 8.03. The molecule has 0 radical (unpaired) electrons. The molecule has 0 aliphatic carbocycles. The number of hydrogen-bond donors (Lipinski definition) is 2. The van der Waals surface area contributed by atoms with Crippen molar-refractivity contribution in [2.24, 2.45) is 0 Å². The Labute approximate surface area is 232 Å². The Morgan fingerprint density at radius 2 is 1.77 bits per heavy atom. The van der Waals surface area contributed by atoms with Gasteiger partial charge in [-0.1, -0.05) is 67.2 Å². The molecular weight excluding hydrogens is 536 g/mol. The zero-order chi connectivity index (χ0) is 27.6. The van der Waals surface area contributed by atoms with Crippen LogP contribution in [0.2, 0.25) is 0 Å². The number of thioether (sulfide) groups is 1. The van der Waals surface area contributed by atoms with Gasteiger partial charge >= 0.3 is 5.97 Å². The molecule has 2 aliphatic rings. The van der Waals surface area contributed by atoms with Gasteiger partial charge in [0.05, 0.1) is 22.2 Å². The molecule has 0 aromatic heterocycles. The zero-order valence-corrected chi connectivity index (χ0v) is 22.9. The number of benzene rings is 3. The van der Waals surface area contributed by atoms with Crippen molar-refractivity contribution in [1.82, 2.24) is 0 Å². The number of carboxylic acid groups (broad SMARTS) is 1. The van der Waals surface area contributed by atoms with E-state index in [4.69, 9.17) is 4.74 Å². The highest BCUT2D eigenvalue weighted by atomic mass is 32.2. The number of fused-ring (bicyclic) bond motifs is 2. The van der Waals surface area contributed by atoms with Gasteiger partial charge in [-0.05, 0) is 59.5 Å². The quantitative estimate of drug-likeness (QED) is 0.319. The summed E-state index contributed by atoms with van der Waals surface area (Å²) in [7, 11) is -4.20. The molecular formula is C29H28N2O6S2. The van der Waals surface area contributed by atoms with Crippen LogP contribution in [-0.4, -0.2) is 49.1 Å². The summed E-state index contributed by atoms with van der Waals surface area (Å²) >= 11 is 1.51. The number of carboxylic acids is 1. The number of hydrogen-bond acceptors (Lipinski definition) is 7. The smallest absolute Gasteiger partial charge is 0.323 e. The van der Waals surface area contributed by atoms with E-state index in [0.717, 1.165) is 38.0 Å². The van der Waals surface area contributed by atoms with Crippen molar-refractivity contribution >= 4 is 39.2 Å². The average molecular weight is 565 g/mol. The molecule has 2 aliphatic heterocycles. The topological polar surface area (TPSA) is 107 Å². The van der Waals surface area contributed by atoms with E-state index >= 15 is 0 Å². The average Bonchev–Trinajstić information content (AvgIpc) is 3.43. The SMILES string of the molecule is CCC(=CC1Oc2ccc(-c3ccccc3)cc2N1CCS(=O)(=O)O)C=C1Sc2ccccc2N1CC(=O)O. The Morgan fingerprint density at radius 1 is 1.03 bits per heavy atom. The molecule has 8 nitrogen and oxygen atoms in total. The normalized spacial score (nSPS) is 17.7. The molecule has 10 heteroatoms. The first kappa shape index (κ1) is 26.9. The van der Waals surface area contributed by atoms with Crippen molar-refractivity contribution in [3.8, 4) is 16.9 Å². The number of allylic oxidation sites excluding steroid dienone is 2. The summed E-state index contributed by atoms with van der Waals surface area (Å²) in [6.45, 7) is 1.86. The lowest BCUT2D eigenvalue weighted by molar-refractivity contribution is -0.135. The standard InChI is InChI=1S/C29H28N2O6S2/c1-2-20(17-28-31(19-29(32)33)23-10-6-7-11-26(23)38-28)16-27-30(14-15-39(34,35)36)24-18-22(12-13-25(24)37-27)21-8-4-3-5-9-21/h3-13,16-18,27H,2,14-15,19H2,1H3,(H,32,33)(H,34,35,36). The number of ether oxygens (including phenoxy) is 1. The molecule has 0 amide bonds. The highest BCUT2D eigenvalue weighted by Gasteiger charge is 2.32. The summed E-state index contributed by atoms with van der Waals surface area (Å²) in [5, 5.41) is 10.3. The molecule has 1 atom stereocenters. The monoisotopic (exact) mass is 564 g/mol. The van der Waals surface area contributed by atoms with Crippen LogP contribution in [0.5, 0.6) is 5.75 Å². The molecule has 3 aromatic carbocycles. The minimum Gasteiger partial charge on any atom is -0.480 e. The van der Waals surface area contributed by atoms with Gasteiger partial charge in [0.1, 0.15) is 12.3 Å². The molecule has 0 bridgehead atoms. The lowest BCUT2D eigenvalue weighted by Gasteiger charge is -2.24. The van der Waals surface area contributed by atoms with E-state index in [1.54, 1.807) is 4.90 Å². The van der Waals surface area contributed by atoms with E-state index in [1.165, 1.54) is 11.8 Å². The second kappa shape index (κ2) is 11.2. The summed E-state index contributed by atoms with van der Waals surface area (Å²) in [6, 6.07) is 23.3. The van der Waals surface area contributed by atoms with Crippen molar-refractivity contribution in [1.29, 1.82) is 0 Å². The first-order valence-corrected chi connectivity index (χ1v) is 14.9. The van der Waals surface area contributed by atoms with Crippen LogP contribution in [0.25, 0.3) is 11.1 Å². The van der Waals surface area contributed by atoms with Gasteiger partial charge in [0, 0.05) is 11.4 Å². The Kier molecular flexibility index (Phi) is 7.69. The number of anilines is 2. The van der Waals surface area contributed by atoms with E-state index in [9.17, 15) is 22.9 Å². The lowest BCUT2D eigenvalue weighted by Crippen LogP contribution is -2.37. The van der Waals surface area contributed by atoms with Gasteiger partial charge in [-0.15, -0.1) is 0 Å². The fourth-order valence-corrected chi connectivity index (χ4v) is 6.20. The maximum atomic E-state index is 11.6. The van der Waals surface area contributed by atoms with Crippen LogP contribution in [0.1, 0.15) is 13.3 Å². The summed E-state index contributed by atoms with van der Waals surface area (Å²) < 4.78 is 39.0. The molecule has 39 heavy (non-hydrogen) atoms. The maximum absolute atomic E-state index is 11.6. The Bertz CT molecular complexity index is 1550. The summed E-state index contributed by atoms with van der Waals surface area (Å²) in [5.41, 5.74) is 4.46. The predicted molar refractivity (Wildman–Crippen MR) is 154 cm³/mol. The van der Waals surface area contributed by atoms with E-state index in [0.29, 0.717) is 12.2 Å². The van der Waals surface area contributed by atoms with Crippen molar-refractivity contribution < 1.29 is 27.6 Å². The van der Waals surface area contributed by atoms with Gasteiger partial charge in [0.2, 0.25) is 0 Å². The van der Waals surface area contributed by atoms with Crippen LogP contribution in [0.15, 0.2) is 100 Å². The first-order valence-electron chi connectivity index (χ1n) is 12.5. The van der Waals surface area contributed by atoms with Crippen LogP contribution < -0.4 is 14.5 Å². The van der Waals surface area contributed by atoms with Crippen LogP contribution in [-0.2, 0) is 14.9 Å². The van der Waals surface area contributed by atoms with Crippen molar-refractivity contribution in [3.63, 3.8) is 0 Å². The first-order chi connectivity index (χ1) is 18.7. The minimum absolute atomic E-state index is 0.0319. The Morgan fingerprint density at radius 3 is 2.49 bits per heavy atom. The van der Waals surface area contributed by atoms with Gasteiger partial charge in [0.25, 0.3) is 10.1 Å². The maximum Gasteiger partial charge on any atom is 0.323 e. The lowest BCUT2D eigenvalue weighted by atomic mass is 10.0. The zero-order valence-electron chi connectivity index (χ0n) is 21.2. The number of aliphatic carboxylic acids is 1. The van der Waals surface area contributed by atoms with Crippen LogP contribution in [0.3, 0.4) is 0 Å². The minimum atomic E-state index is -4.20. The fourth-order valence-electron chi connectivity index (χ4n) is 4.64. The van der Waals surface area contributed by atoms with Crippen LogP contribution in [0.4, 0.5) is 11.4 Å². The van der Waals surface area contributed by atoms with Gasteiger partial charge in [-0.3, -0.25) is 9.35 Å². The summed E-state index contributed by atoms with van der Waals surface area (Å²) in [5.74, 6) is -0.763. The molecule has 0 saturated carbocycles. The van der Waals surface area contributed by atoms with Gasteiger partial charge in [-0.2, -0.15) is 8.42 Å². The molecule has 2 N–H and O–H groups in total. The number of nitrogens with zero attached hydrogens (tertiary/aromatic N) is 2. The molecule has 2 heterocycles. The number of para-hydroxylation sites is 1. The molecule has 5 rings (SSSR count). The van der Waals surface area contributed by atoms with E-state index < -0.39 is 28.1 Å². The molecule has 3 aromatic rings. The Hall–Kier alpha value is -3.73. The van der Waals surface area contributed by atoms with E-state index in [2.05, 4.69) is 0 Å². The predicted octanol–water partition coefficient (Wildman–Crippen LogP) is 5.64. The third-order valence-electron chi connectivity index (χ3n) is 6.52. The number of carbonyl (C=O) groups is 1. The fraction of sp³-hybridized carbons (Fsp3) is 0.207. The molecule has 0 fully saturated rings. The van der Waals surface area contributed by atoms with E-state index in [-0.39, 0.29) is 13.1 Å². The van der Waals surface area contributed by atoms with Crippen LogP contribution in [0, 0.1) is 0 Å². The summed E-state index contributed by atoms with van der Waals surface area (Å²) in [4.78, 5) is 16.2. The Balaban J connectivity index is 1.49. The second-order valence-electron chi connectivity index (χ2n) is 9.16. The van der Waals surface area contributed by atoms with Crippen molar-refractivity contribution in [2.75, 3.05) is 28.6 Å². The third kappa shape index (κ3) is 6.13. The van der Waals surface area contributed by atoms with Crippen molar-refractivity contribution in [2.45, 2.75) is 24.5 Å². The molecule has 202 valence electrons. The second-order valence-corrected chi connectivity index (χ2v) is 11.8. The van der Waals surface area contributed by atoms with E-state index in [1.807, 2.05) is 96.8 Å². The molecule has 1 unspecified atom stereocenters. The van der Waals surface area contributed by atoms with Gasteiger partial charge in [-0.25, -0.2) is 0 Å². The largest absolute Gasteiger partial charge is 0.480 e. The number of rotatable bonds is 9. The van der Waals surface area contributed by atoms with Crippen LogP contribution >= 0.6 is 11.8 Å². The van der Waals surface area contributed by atoms with Gasteiger partial charge < -0.3 is 19.6 Å². The van der Waals surface area contributed by atoms with Crippen molar-refractivity contribution in [3.05, 3.63) is 95.6 Å². The molecule has 0 spiro atoms. The third-order valence-corrected chi connectivity index (χ3v) is 8.34.